The summed E-state index contributed by atoms with van der Waals surface area (Å²) in [6.07, 6.45) is 0. The minimum absolute atomic E-state index is 0.114. The van der Waals surface area contributed by atoms with Gasteiger partial charge >= 0.3 is 11.9 Å². The number of ether oxygens (including phenoxy) is 2. The quantitative estimate of drug-likeness (QED) is 0.515. The Morgan fingerprint density at radius 2 is 1.58 bits per heavy atom. The number of hydrogen-bond donors (Lipinski definition) is 3. The number of para-hydroxylation sites is 1. The van der Waals surface area contributed by atoms with Crippen molar-refractivity contribution >= 4 is 11.9 Å². The van der Waals surface area contributed by atoms with E-state index in [9.17, 15) is 9.59 Å². The standard InChI is InChI=1S/C17H18N2O5/c18-11-17(19,15(20)21)16(22)23-10-12-6-8-14(9-7-12)24-13-4-2-1-3-5-13/h1-9H,10-11,18-19H2,(H,20,21). The number of carbonyl (C=O) groups excluding carboxylic acids is 1. The minimum Gasteiger partial charge on any atom is -0.479 e. The van der Waals surface area contributed by atoms with Crippen LogP contribution in [-0.2, 0) is 20.9 Å². The number of esters is 1. The van der Waals surface area contributed by atoms with E-state index in [1.807, 2.05) is 30.3 Å². The van der Waals surface area contributed by atoms with E-state index in [1.165, 1.54) is 0 Å². The fourth-order valence-electron chi connectivity index (χ4n) is 1.81. The molecule has 0 heterocycles. The number of hydrogen-bond acceptors (Lipinski definition) is 6. The van der Waals surface area contributed by atoms with E-state index in [-0.39, 0.29) is 6.61 Å². The van der Waals surface area contributed by atoms with Gasteiger partial charge in [0.1, 0.15) is 18.1 Å². The second kappa shape index (κ2) is 7.58. The Labute approximate surface area is 138 Å². The Hall–Kier alpha value is -2.90. The Morgan fingerprint density at radius 1 is 1.00 bits per heavy atom. The summed E-state index contributed by atoms with van der Waals surface area (Å²) in [7, 11) is 0. The molecule has 126 valence electrons. The van der Waals surface area contributed by atoms with Crippen molar-refractivity contribution in [1.29, 1.82) is 0 Å². The highest BCUT2D eigenvalue weighted by Crippen LogP contribution is 2.21. The second-order valence-corrected chi connectivity index (χ2v) is 5.12. The molecule has 24 heavy (non-hydrogen) atoms. The molecular formula is C17H18N2O5. The number of carboxylic acid groups (broad SMARTS) is 1. The molecule has 0 saturated carbocycles. The summed E-state index contributed by atoms with van der Waals surface area (Å²) < 4.78 is 10.6. The van der Waals surface area contributed by atoms with Crippen molar-refractivity contribution in [1.82, 2.24) is 0 Å². The van der Waals surface area contributed by atoms with E-state index in [0.717, 1.165) is 0 Å². The van der Waals surface area contributed by atoms with Crippen molar-refractivity contribution in [2.75, 3.05) is 6.54 Å². The van der Waals surface area contributed by atoms with Gasteiger partial charge in [0.25, 0.3) is 0 Å². The van der Waals surface area contributed by atoms with Crippen LogP contribution in [0.15, 0.2) is 54.6 Å². The van der Waals surface area contributed by atoms with Crippen LogP contribution in [0.2, 0.25) is 0 Å². The summed E-state index contributed by atoms with van der Waals surface area (Å²) in [5.74, 6) is -1.28. The molecule has 0 aliphatic rings. The number of aliphatic carboxylic acids is 1. The topological polar surface area (TPSA) is 125 Å². The molecule has 0 aliphatic carbocycles. The lowest BCUT2D eigenvalue weighted by Crippen LogP contribution is -2.60. The highest BCUT2D eigenvalue weighted by molar-refractivity contribution is 6.04. The lowest BCUT2D eigenvalue weighted by Gasteiger charge is -2.20. The van der Waals surface area contributed by atoms with E-state index >= 15 is 0 Å². The van der Waals surface area contributed by atoms with Gasteiger partial charge in [-0.25, -0.2) is 9.59 Å². The van der Waals surface area contributed by atoms with E-state index < -0.39 is 24.0 Å². The van der Waals surface area contributed by atoms with Crippen molar-refractivity contribution in [2.24, 2.45) is 11.5 Å². The number of rotatable bonds is 7. The normalized spacial score (nSPS) is 12.9. The van der Waals surface area contributed by atoms with Crippen molar-refractivity contribution in [2.45, 2.75) is 12.1 Å². The van der Waals surface area contributed by atoms with Crippen LogP contribution in [-0.4, -0.2) is 29.1 Å². The van der Waals surface area contributed by atoms with E-state index in [0.29, 0.717) is 17.1 Å². The summed E-state index contributed by atoms with van der Waals surface area (Å²) in [5.41, 5.74) is 9.11. The number of benzene rings is 2. The fourth-order valence-corrected chi connectivity index (χ4v) is 1.81. The number of nitrogens with two attached hydrogens (primary N) is 2. The van der Waals surface area contributed by atoms with E-state index in [4.69, 9.17) is 26.0 Å². The van der Waals surface area contributed by atoms with Gasteiger partial charge in [-0.05, 0) is 29.8 Å². The van der Waals surface area contributed by atoms with Crippen LogP contribution in [0.1, 0.15) is 5.56 Å². The first kappa shape index (κ1) is 17.5. The fraction of sp³-hybridized carbons (Fsp3) is 0.176. The highest BCUT2D eigenvalue weighted by Gasteiger charge is 2.42. The van der Waals surface area contributed by atoms with Crippen LogP contribution in [0.3, 0.4) is 0 Å². The molecule has 0 spiro atoms. The zero-order chi connectivity index (χ0) is 17.6. The maximum Gasteiger partial charge on any atom is 0.339 e. The SMILES string of the molecule is NCC(N)(C(=O)O)C(=O)OCc1ccc(Oc2ccccc2)cc1. The van der Waals surface area contributed by atoms with Crippen LogP contribution >= 0.6 is 0 Å². The third-order valence-corrected chi connectivity index (χ3v) is 3.34. The molecule has 0 amide bonds. The van der Waals surface area contributed by atoms with Crippen LogP contribution < -0.4 is 16.2 Å². The predicted octanol–water partition coefficient (Wildman–Crippen LogP) is 1.26. The smallest absolute Gasteiger partial charge is 0.339 e. The number of carbonyl (C=O) groups is 2. The molecule has 2 aromatic carbocycles. The van der Waals surface area contributed by atoms with Crippen molar-refractivity contribution in [3.63, 3.8) is 0 Å². The summed E-state index contributed by atoms with van der Waals surface area (Å²) in [6.45, 7) is -0.665. The van der Waals surface area contributed by atoms with Gasteiger partial charge in [-0.1, -0.05) is 30.3 Å². The average molecular weight is 330 g/mol. The Morgan fingerprint density at radius 3 is 2.12 bits per heavy atom. The van der Waals surface area contributed by atoms with Crippen molar-refractivity contribution in [3.8, 4) is 11.5 Å². The molecule has 1 atom stereocenters. The van der Waals surface area contributed by atoms with Crippen LogP contribution in [0.5, 0.6) is 11.5 Å². The summed E-state index contributed by atoms with van der Waals surface area (Å²) in [4.78, 5) is 22.8. The summed E-state index contributed by atoms with van der Waals surface area (Å²) in [5, 5.41) is 8.95. The molecule has 0 saturated heterocycles. The van der Waals surface area contributed by atoms with Crippen LogP contribution in [0.4, 0.5) is 0 Å². The first-order valence-corrected chi connectivity index (χ1v) is 7.17. The zero-order valence-electron chi connectivity index (χ0n) is 12.8. The molecule has 0 aliphatic heterocycles. The lowest BCUT2D eigenvalue weighted by atomic mass is 10.0. The molecule has 7 nitrogen and oxygen atoms in total. The number of carboxylic acids is 1. The molecule has 2 aromatic rings. The third kappa shape index (κ3) is 4.09. The molecule has 5 N–H and O–H groups in total. The molecule has 0 radical (unpaired) electrons. The van der Waals surface area contributed by atoms with Gasteiger partial charge in [0.2, 0.25) is 5.54 Å². The molecule has 0 bridgehead atoms. The molecule has 0 fully saturated rings. The molecular weight excluding hydrogens is 312 g/mol. The van der Waals surface area contributed by atoms with Crippen molar-refractivity contribution in [3.05, 3.63) is 60.2 Å². The second-order valence-electron chi connectivity index (χ2n) is 5.12. The van der Waals surface area contributed by atoms with Crippen molar-refractivity contribution < 1.29 is 24.2 Å². The Bertz CT molecular complexity index is 703. The lowest BCUT2D eigenvalue weighted by molar-refractivity contribution is -0.161. The van der Waals surface area contributed by atoms with Gasteiger partial charge < -0.3 is 26.0 Å². The van der Waals surface area contributed by atoms with Gasteiger partial charge in [0.15, 0.2) is 0 Å². The van der Waals surface area contributed by atoms with Gasteiger partial charge in [0, 0.05) is 6.54 Å². The molecule has 7 heteroatoms. The van der Waals surface area contributed by atoms with Crippen LogP contribution in [0, 0.1) is 0 Å². The summed E-state index contributed by atoms with van der Waals surface area (Å²) in [6, 6.07) is 16.1. The molecule has 0 aromatic heterocycles. The van der Waals surface area contributed by atoms with E-state index in [1.54, 1.807) is 24.3 Å². The predicted molar refractivity (Wildman–Crippen MR) is 86.4 cm³/mol. The first-order valence-electron chi connectivity index (χ1n) is 7.17. The van der Waals surface area contributed by atoms with Gasteiger partial charge in [-0.2, -0.15) is 0 Å². The van der Waals surface area contributed by atoms with E-state index in [2.05, 4.69) is 0 Å². The summed E-state index contributed by atoms with van der Waals surface area (Å²) >= 11 is 0. The Kier molecular flexibility index (Phi) is 5.51. The monoisotopic (exact) mass is 330 g/mol. The molecule has 2 rings (SSSR count). The largest absolute Gasteiger partial charge is 0.479 e. The molecule has 1 unspecified atom stereocenters. The third-order valence-electron chi connectivity index (χ3n) is 3.34. The first-order chi connectivity index (χ1) is 11.5. The maximum absolute atomic E-state index is 11.8. The van der Waals surface area contributed by atoms with Gasteiger partial charge in [0.05, 0.1) is 0 Å². The highest BCUT2D eigenvalue weighted by atomic mass is 16.5. The van der Waals surface area contributed by atoms with Gasteiger partial charge in [-0.3, -0.25) is 0 Å². The average Bonchev–Trinajstić information content (AvgIpc) is 2.60. The minimum atomic E-state index is -2.24. The zero-order valence-corrected chi connectivity index (χ0v) is 12.8. The van der Waals surface area contributed by atoms with Gasteiger partial charge in [-0.15, -0.1) is 0 Å². The van der Waals surface area contributed by atoms with Crippen LogP contribution in [0.25, 0.3) is 0 Å². The maximum atomic E-state index is 11.8. The Balaban J connectivity index is 1.95.